The van der Waals surface area contributed by atoms with Crippen LogP contribution in [0.15, 0.2) is 204 Å². The summed E-state index contributed by atoms with van der Waals surface area (Å²) in [7, 11) is -7.56. The maximum absolute atomic E-state index is 13.7. The van der Waals surface area contributed by atoms with Gasteiger partial charge in [0.1, 0.15) is 72.4 Å². The van der Waals surface area contributed by atoms with Gasteiger partial charge in [0.2, 0.25) is 20.0 Å². The first-order valence-electron chi connectivity index (χ1n) is 46.3. The van der Waals surface area contributed by atoms with Crippen molar-refractivity contribution in [1.29, 1.82) is 0 Å². The molecule has 0 unspecified atom stereocenters. The smallest absolute Gasteiger partial charge is 0.243 e. The summed E-state index contributed by atoms with van der Waals surface area (Å²) in [6.45, 7) is 21.4. The fourth-order valence-electron chi connectivity index (χ4n) is 16.5. The van der Waals surface area contributed by atoms with E-state index >= 15 is 0 Å². The van der Waals surface area contributed by atoms with Crippen LogP contribution in [0.5, 0.6) is 46.0 Å². The van der Waals surface area contributed by atoms with Crippen molar-refractivity contribution in [3.63, 3.8) is 0 Å². The number of ether oxygens (including phenoxy) is 16. The van der Waals surface area contributed by atoms with Crippen LogP contribution >= 0.6 is 0 Å². The second-order valence-corrected chi connectivity index (χ2v) is 36.7. The van der Waals surface area contributed by atoms with E-state index < -0.39 is 20.0 Å². The van der Waals surface area contributed by atoms with Crippen LogP contribution < -0.4 is 37.9 Å². The molecule has 10 aromatic rings. The number of hydrogen-bond donors (Lipinski definition) is 0. The van der Waals surface area contributed by atoms with Crippen molar-refractivity contribution in [2.24, 2.45) is 0 Å². The minimum Gasteiger partial charge on any atom is -0.493 e. The lowest BCUT2D eigenvalue weighted by Crippen LogP contribution is -2.37. The fraction of sp³-hybridized carbons (Fsp3) is 0.434. The Kier molecular flexibility index (Phi) is 38.5. The number of aryl methyl sites for hydroxylation is 2. The summed E-state index contributed by atoms with van der Waals surface area (Å²) >= 11 is 0. The van der Waals surface area contributed by atoms with Crippen LogP contribution in [0, 0.1) is 13.8 Å². The minimum atomic E-state index is -3.78. The summed E-state index contributed by atoms with van der Waals surface area (Å²) < 4.78 is 159. The normalized spacial score (nSPS) is 16.5. The molecule has 0 amide bonds. The summed E-state index contributed by atoms with van der Waals surface area (Å²) in [5, 5.41) is 0. The van der Waals surface area contributed by atoms with Gasteiger partial charge in [-0.2, -0.15) is 8.61 Å². The summed E-state index contributed by atoms with van der Waals surface area (Å²) in [5.74, 6) is 6.88. The lowest BCUT2D eigenvalue weighted by atomic mass is 9.91. The van der Waals surface area contributed by atoms with Crippen molar-refractivity contribution in [1.82, 2.24) is 8.61 Å². The average Bonchev–Trinajstić information content (AvgIpc) is 0.787. The molecule has 4 aliphatic heterocycles. The standard InChI is InChI=1S/2C53H65NO10S/c2*1-4-24-61-50-41-10-6-11-42(50)37-46-15-9-17-48-39-44-13-7-12-43(51(44)62-25-5-2)38-47-16-8-14-45(36-41)52(47)63-34-32-59-30-28-57-26-22-54(65(55,56)49-20-18-40(3)19-21-49)23-27-58-29-31-60-33-35-64-53(46)48/h2*6-21H,4-5,22-39H2,1-3H3. The van der Waals surface area contributed by atoms with Crippen molar-refractivity contribution in [3.8, 4) is 46.0 Å². The van der Waals surface area contributed by atoms with E-state index in [9.17, 15) is 16.8 Å². The molecule has 10 aromatic carbocycles. The summed E-state index contributed by atoms with van der Waals surface area (Å²) in [6, 6.07) is 65.1. The first-order chi connectivity index (χ1) is 63.7. The highest BCUT2D eigenvalue weighted by Gasteiger charge is 2.30. The second kappa shape index (κ2) is 51.2. The van der Waals surface area contributed by atoms with Crippen molar-refractivity contribution >= 4 is 20.0 Å². The van der Waals surface area contributed by atoms with Gasteiger partial charge in [0.25, 0.3) is 0 Å². The van der Waals surface area contributed by atoms with Gasteiger partial charge in [-0.3, -0.25) is 0 Å². The quantitative estimate of drug-likeness (QED) is 0.0820. The van der Waals surface area contributed by atoms with E-state index in [2.05, 4.69) is 173 Å². The molecule has 24 heteroatoms. The van der Waals surface area contributed by atoms with E-state index in [0.717, 1.165) is 172 Å². The molecular formula is C106H130N2O20S2. The van der Waals surface area contributed by atoms with Crippen LogP contribution in [-0.2, 0) is 109 Å². The Hall–Kier alpha value is -9.90. The Morgan fingerprint density at radius 1 is 0.231 bits per heavy atom. The number of benzene rings is 10. The molecule has 0 fully saturated rings. The van der Waals surface area contributed by atoms with E-state index in [-0.39, 0.29) is 62.4 Å². The largest absolute Gasteiger partial charge is 0.493 e. The van der Waals surface area contributed by atoms with Gasteiger partial charge in [-0.25, -0.2) is 16.8 Å². The van der Waals surface area contributed by atoms with Gasteiger partial charge in [0, 0.05) is 77.5 Å². The molecule has 0 spiro atoms. The van der Waals surface area contributed by atoms with E-state index in [1.165, 1.54) is 8.61 Å². The molecule has 6 aliphatic rings. The second-order valence-electron chi connectivity index (χ2n) is 32.8. The van der Waals surface area contributed by atoms with Crippen molar-refractivity contribution < 1.29 is 92.6 Å². The van der Waals surface area contributed by atoms with Crippen LogP contribution in [0.4, 0.5) is 0 Å². The van der Waals surface area contributed by atoms with Gasteiger partial charge < -0.3 is 75.8 Å². The van der Waals surface area contributed by atoms with Crippen LogP contribution in [-0.4, -0.2) is 210 Å². The Morgan fingerprint density at radius 3 is 0.585 bits per heavy atom. The van der Waals surface area contributed by atoms with Crippen LogP contribution in [0.2, 0.25) is 0 Å². The van der Waals surface area contributed by atoms with Crippen LogP contribution in [0.3, 0.4) is 0 Å². The molecule has 22 nitrogen and oxygen atoms in total. The molecule has 0 saturated heterocycles. The molecule has 0 saturated carbocycles. The third-order valence-electron chi connectivity index (χ3n) is 22.9. The molecule has 0 radical (unpaired) electrons. The first-order valence-corrected chi connectivity index (χ1v) is 49.2. The zero-order chi connectivity index (χ0) is 90.5. The molecule has 16 rings (SSSR count). The van der Waals surface area contributed by atoms with Crippen molar-refractivity contribution in [2.45, 2.75) is 128 Å². The van der Waals surface area contributed by atoms with E-state index in [1.807, 2.05) is 13.8 Å². The summed E-state index contributed by atoms with van der Waals surface area (Å²) in [6.07, 6.45) is 8.34. The van der Waals surface area contributed by atoms with Crippen LogP contribution in [0.25, 0.3) is 0 Å². The highest BCUT2D eigenvalue weighted by atomic mass is 32.2. The van der Waals surface area contributed by atoms with Gasteiger partial charge in [-0.05, 0) is 153 Å². The molecular weight excluding hydrogens is 1690 g/mol. The number of sulfonamides is 2. The Bertz CT molecular complexity index is 4680. The predicted octanol–water partition coefficient (Wildman–Crippen LogP) is 17.6. The van der Waals surface area contributed by atoms with Gasteiger partial charge in [-0.1, -0.05) is 209 Å². The van der Waals surface area contributed by atoms with Crippen molar-refractivity contribution in [2.75, 3.05) is 185 Å². The zero-order valence-corrected chi connectivity index (χ0v) is 78.3. The van der Waals surface area contributed by atoms with Gasteiger partial charge in [0.05, 0.1) is 142 Å². The van der Waals surface area contributed by atoms with E-state index in [1.54, 1.807) is 48.5 Å². The maximum Gasteiger partial charge on any atom is 0.243 e. The summed E-state index contributed by atoms with van der Waals surface area (Å²) in [4.78, 5) is 0.468. The predicted molar refractivity (Wildman–Crippen MR) is 506 cm³/mol. The van der Waals surface area contributed by atoms with Crippen molar-refractivity contribution in [3.05, 3.63) is 294 Å². The molecule has 20 bridgehead atoms. The molecule has 696 valence electrons. The number of fused-ring (bicyclic) bond motifs is 36. The van der Waals surface area contributed by atoms with Crippen LogP contribution in [0.1, 0.15) is 154 Å². The number of rotatable bonds is 16. The average molecular weight is 1820 g/mol. The molecule has 130 heavy (non-hydrogen) atoms. The Balaban J connectivity index is 0.000000222. The number of para-hydroxylation sites is 8. The zero-order valence-electron chi connectivity index (χ0n) is 76.6. The third kappa shape index (κ3) is 27.6. The Labute approximate surface area is 770 Å². The number of nitrogens with zero attached hydrogens (tertiary/aromatic N) is 2. The molecule has 0 N–H and O–H groups in total. The minimum absolute atomic E-state index is 0.168. The topological polar surface area (TPSA) is 222 Å². The highest BCUT2D eigenvalue weighted by molar-refractivity contribution is 7.89. The van der Waals surface area contributed by atoms with Gasteiger partial charge in [0.15, 0.2) is 0 Å². The summed E-state index contributed by atoms with van der Waals surface area (Å²) in [5.41, 5.74) is 19.1. The van der Waals surface area contributed by atoms with E-state index in [4.69, 9.17) is 75.8 Å². The van der Waals surface area contributed by atoms with E-state index in [0.29, 0.717) is 184 Å². The lowest BCUT2D eigenvalue weighted by Gasteiger charge is -2.23. The monoisotopic (exact) mass is 1810 g/mol. The molecule has 0 aromatic heterocycles. The van der Waals surface area contributed by atoms with Gasteiger partial charge in [-0.15, -0.1) is 0 Å². The molecule has 2 aliphatic carbocycles. The highest BCUT2D eigenvalue weighted by Crippen LogP contribution is 2.43. The SMILES string of the molecule is CCCOc1c2cccc1Cc1cccc3c1OCCOCCOCCN(S(=O)(=O)c1ccc(C)cc1)CCOCCOCCOc1c(cccc1Cc1cccc(c1OCCC)C3)C2.CCCOc1c2cccc1Cc1cccc3c1OCCOCCOCCN(S(=O)(=O)c1ccc(C)cc1)CCOCCOCCOc1c(cccc1Cc1cccc(c1OCCC)C3)C2. The van der Waals surface area contributed by atoms with Gasteiger partial charge >= 0.3 is 0 Å². The molecule has 0 atom stereocenters. The number of hydrogen-bond acceptors (Lipinski definition) is 20. The first kappa shape index (κ1) is 97.6. The third-order valence-corrected chi connectivity index (χ3v) is 26.7. The maximum atomic E-state index is 13.7. The molecule has 4 heterocycles. The lowest BCUT2D eigenvalue weighted by molar-refractivity contribution is 0.0254. The fourth-order valence-corrected chi connectivity index (χ4v) is 19.3. The Morgan fingerprint density at radius 2 is 0.400 bits per heavy atom.